The van der Waals surface area contributed by atoms with Crippen molar-refractivity contribution in [2.24, 2.45) is 0 Å². The zero-order valence-electron chi connectivity index (χ0n) is 16.6. The van der Waals surface area contributed by atoms with E-state index in [1.807, 2.05) is 18.2 Å². The van der Waals surface area contributed by atoms with Crippen molar-refractivity contribution in [2.45, 2.75) is 12.8 Å². The van der Waals surface area contributed by atoms with E-state index < -0.39 is 0 Å². The van der Waals surface area contributed by atoms with Crippen LogP contribution < -0.4 is 0 Å². The van der Waals surface area contributed by atoms with Crippen LogP contribution in [0.3, 0.4) is 0 Å². The molecule has 4 rings (SSSR count). The molecule has 0 bridgehead atoms. The fraction of sp³-hybridized carbons (Fsp3) is 0.185. The lowest BCUT2D eigenvalue weighted by atomic mass is 9.95. The van der Waals surface area contributed by atoms with Crippen molar-refractivity contribution in [3.05, 3.63) is 119 Å². The minimum atomic E-state index is -0.182. The van der Waals surface area contributed by atoms with Gasteiger partial charge in [-0.1, -0.05) is 85.0 Å². The maximum atomic E-state index is 13.1. The molecule has 0 saturated heterocycles. The van der Waals surface area contributed by atoms with Crippen LogP contribution in [0.5, 0.6) is 0 Å². The number of hydrogen-bond acceptors (Lipinski definition) is 1. The first-order valence-corrected chi connectivity index (χ1v) is 10.2. The van der Waals surface area contributed by atoms with E-state index in [9.17, 15) is 4.39 Å². The fourth-order valence-corrected chi connectivity index (χ4v) is 3.76. The molecule has 0 spiro atoms. The Hall–Kier alpha value is -2.97. The van der Waals surface area contributed by atoms with Crippen LogP contribution in [0.2, 0.25) is 0 Å². The van der Waals surface area contributed by atoms with Crippen molar-refractivity contribution >= 4 is 11.6 Å². The first-order chi connectivity index (χ1) is 14.3. The second-order valence-corrected chi connectivity index (χ2v) is 7.56. The molecule has 0 aromatic heterocycles. The van der Waals surface area contributed by atoms with Gasteiger partial charge in [0.1, 0.15) is 5.82 Å². The Kier molecular flexibility index (Phi) is 6.33. The highest BCUT2D eigenvalue weighted by Crippen LogP contribution is 2.24. The summed E-state index contributed by atoms with van der Waals surface area (Å²) >= 11 is 0. The van der Waals surface area contributed by atoms with Crippen LogP contribution in [0.1, 0.15) is 28.7 Å². The van der Waals surface area contributed by atoms with E-state index in [-0.39, 0.29) is 5.82 Å². The van der Waals surface area contributed by atoms with E-state index in [1.54, 1.807) is 0 Å². The van der Waals surface area contributed by atoms with Crippen LogP contribution in [-0.4, -0.2) is 24.5 Å². The summed E-state index contributed by atoms with van der Waals surface area (Å²) in [5, 5.41) is 0. The van der Waals surface area contributed by atoms with Gasteiger partial charge in [0.05, 0.1) is 0 Å². The van der Waals surface area contributed by atoms with Crippen molar-refractivity contribution in [1.29, 1.82) is 0 Å². The van der Waals surface area contributed by atoms with Gasteiger partial charge in [0, 0.05) is 19.6 Å². The van der Waals surface area contributed by atoms with Gasteiger partial charge in [0.2, 0.25) is 0 Å². The average molecular weight is 384 g/mol. The van der Waals surface area contributed by atoms with E-state index in [1.165, 1.54) is 34.4 Å². The smallest absolute Gasteiger partial charge is 0.123 e. The zero-order valence-corrected chi connectivity index (χ0v) is 16.6. The monoisotopic (exact) mass is 383 g/mol. The van der Waals surface area contributed by atoms with Crippen molar-refractivity contribution in [3.8, 4) is 0 Å². The molecule has 0 saturated carbocycles. The van der Waals surface area contributed by atoms with Crippen molar-refractivity contribution in [2.75, 3.05) is 19.6 Å². The molecule has 1 aliphatic rings. The zero-order chi connectivity index (χ0) is 19.9. The lowest BCUT2D eigenvalue weighted by Crippen LogP contribution is -2.28. The van der Waals surface area contributed by atoms with Gasteiger partial charge in [-0.05, 0) is 52.8 Å². The maximum Gasteiger partial charge on any atom is 0.123 e. The molecular formula is C27H26FN. The number of rotatable bonds is 6. The number of hydrogen-bond donors (Lipinski definition) is 0. The lowest BCUT2D eigenvalue weighted by molar-refractivity contribution is 0.335. The molecule has 1 nitrogen and oxygen atoms in total. The summed E-state index contributed by atoms with van der Waals surface area (Å²) in [6.45, 7) is 3.03. The summed E-state index contributed by atoms with van der Waals surface area (Å²) in [6, 6.07) is 26.0. The molecule has 0 fully saturated rings. The van der Waals surface area contributed by atoms with Gasteiger partial charge in [0.25, 0.3) is 0 Å². The topological polar surface area (TPSA) is 3.24 Å². The third-order valence-electron chi connectivity index (χ3n) is 5.39. The Morgan fingerprint density at radius 1 is 0.862 bits per heavy atom. The summed E-state index contributed by atoms with van der Waals surface area (Å²) in [4.78, 5) is 2.46. The summed E-state index contributed by atoms with van der Waals surface area (Å²) < 4.78 is 13.1. The van der Waals surface area contributed by atoms with E-state index in [4.69, 9.17) is 0 Å². The van der Waals surface area contributed by atoms with Crippen molar-refractivity contribution in [1.82, 2.24) is 4.90 Å². The summed E-state index contributed by atoms with van der Waals surface area (Å²) in [5.74, 6) is -0.182. The van der Waals surface area contributed by atoms with Crippen molar-refractivity contribution < 1.29 is 4.39 Å². The SMILES string of the molecule is Fc1ccc(Cc2cccc(C3=CCN(CC=Cc4ccccc4)CC3)c2)cc1. The van der Waals surface area contributed by atoms with Gasteiger partial charge < -0.3 is 0 Å². The quantitative estimate of drug-likeness (QED) is 0.488. The highest BCUT2D eigenvalue weighted by Gasteiger charge is 2.12. The molecule has 0 N–H and O–H groups in total. The Morgan fingerprint density at radius 3 is 2.45 bits per heavy atom. The van der Waals surface area contributed by atoms with Crippen LogP contribution in [0.25, 0.3) is 11.6 Å². The van der Waals surface area contributed by atoms with E-state index in [0.717, 1.165) is 38.0 Å². The minimum Gasteiger partial charge on any atom is -0.296 e. The predicted molar refractivity (Wildman–Crippen MR) is 120 cm³/mol. The molecule has 0 radical (unpaired) electrons. The largest absolute Gasteiger partial charge is 0.296 e. The first-order valence-electron chi connectivity index (χ1n) is 10.2. The maximum absolute atomic E-state index is 13.1. The minimum absolute atomic E-state index is 0.182. The van der Waals surface area contributed by atoms with Gasteiger partial charge in [-0.25, -0.2) is 4.39 Å². The molecule has 0 aliphatic carbocycles. The number of halogens is 1. The van der Waals surface area contributed by atoms with Gasteiger partial charge in [-0.2, -0.15) is 0 Å². The van der Waals surface area contributed by atoms with Gasteiger partial charge in [-0.3, -0.25) is 4.90 Å². The summed E-state index contributed by atoms with van der Waals surface area (Å²) in [6.07, 6.45) is 8.70. The second-order valence-electron chi connectivity index (χ2n) is 7.56. The van der Waals surface area contributed by atoms with Crippen LogP contribution in [0, 0.1) is 5.82 Å². The molecule has 0 unspecified atom stereocenters. The van der Waals surface area contributed by atoms with Gasteiger partial charge >= 0.3 is 0 Å². The van der Waals surface area contributed by atoms with Gasteiger partial charge in [-0.15, -0.1) is 0 Å². The first kappa shape index (κ1) is 19.4. The lowest BCUT2D eigenvalue weighted by Gasteiger charge is -2.25. The molecule has 3 aromatic rings. The second kappa shape index (κ2) is 9.49. The Morgan fingerprint density at radius 2 is 1.69 bits per heavy atom. The normalized spacial score (nSPS) is 14.9. The van der Waals surface area contributed by atoms with Crippen LogP contribution >= 0.6 is 0 Å². The van der Waals surface area contributed by atoms with Gasteiger partial charge in [0.15, 0.2) is 0 Å². The van der Waals surface area contributed by atoms with Crippen LogP contribution in [0.4, 0.5) is 4.39 Å². The predicted octanol–water partition coefficient (Wildman–Crippen LogP) is 6.22. The third kappa shape index (κ3) is 5.52. The van der Waals surface area contributed by atoms with Crippen LogP contribution in [-0.2, 0) is 6.42 Å². The number of benzene rings is 3. The Balaban J connectivity index is 1.36. The van der Waals surface area contributed by atoms with E-state index in [2.05, 4.69) is 71.7 Å². The third-order valence-corrected chi connectivity index (χ3v) is 5.39. The molecule has 3 aromatic carbocycles. The molecule has 0 amide bonds. The Bertz CT molecular complexity index is 987. The molecule has 0 atom stereocenters. The standard InChI is InChI=1S/C27H26FN/c28-27-13-11-23(12-14-27)20-24-8-4-10-26(21-24)25-15-18-29(19-16-25)17-5-9-22-6-2-1-3-7-22/h1-15,21H,16-20H2. The summed E-state index contributed by atoms with van der Waals surface area (Å²) in [5.41, 5.74) is 6.39. The van der Waals surface area contributed by atoms with E-state index in [0.29, 0.717) is 0 Å². The highest BCUT2D eigenvalue weighted by atomic mass is 19.1. The molecule has 146 valence electrons. The molecule has 1 heterocycles. The molecule has 1 aliphatic heterocycles. The number of nitrogens with zero attached hydrogens (tertiary/aromatic N) is 1. The van der Waals surface area contributed by atoms with Crippen molar-refractivity contribution in [3.63, 3.8) is 0 Å². The molecular weight excluding hydrogens is 357 g/mol. The fourth-order valence-electron chi connectivity index (χ4n) is 3.76. The Labute approximate surface area is 172 Å². The summed E-state index contributed by atoms with van der Waals surface area (Å²) in [7, 11) is 0. The average Bonchev–Trinajstić information content (AvgIpc) is 2.77. The molecule has 29 heavy (non-hydrogen) atoms. The molecule has 2 heteroatoms. The highest BCUT2D eigenvalue weighted by molar-refractivity contribution is 5.67. The van der Waals surface area contributed by atoms with Crippen LogP contribution in [0.15, 0.2) is 91.0 Å². The van der Waals surface area contributed by atoms with E-state index >= 15 is 0 Å².